The highest BCUT2D eigenvalue weighted by Gasteiger charge is 2.19. The summed E-state index contributed by atoms with van der Waals surface area (Å²) in [5.41, 5.74) is 2.23. The second-order valence-corrected chi connectivity index (χ2v) is 10.7. The standard InChI is InChI=1S/C20H21N2PS/c24-23(20-14-8-3-9-15-20,16-21-18-10-4-1-5-11-18)17-22-19-12-6-2-7-13-19/h1-15,21-22H,16-17H2. The van der Waals surface area contributed by atoms with E-state index in [0.29, 0.717) is 0 Å². The van der Waals surface area contributed by atoms with Crippen LogP contribution in [0.4, 0.5) is 11.4 Å². The highest BCUT2D eigenvalue weighted by Crippen LogP contribution is 2.44. The third kappa shape index (κ3) is 4.47. The van der Waals surface area contributed by atoms with Gasteiger partial charge in [-0.05, 0) is 29.6 Å². The van der Waals surface area contributed by atoms with E-state index < -0.39 is 6.04 Å². The predicted octanol–water partition coefficient (Wildman–Crippen LogP) is 4.93. The number of hydrogen-bond acceptors (Lipinski definition) is 3. The van der Waals surface area contributed by atoms with Crippen LogP contribution >= 0.6 is 6.04 Å². The maximum atomic E-state index is 6.15. The summed E-state index contributed by atoms with van der Waals surface area (Å²) in [5.74, 6) is 0. The van der Waals surface area contributed by atoms with E-state index in [0.717, 1.165) is 23.9 Å². The monoisotopic (exact) mass is 352 g/mol. The van der Waals surface area contributed by atoms with Crippen molar-refractivity contribution in [2.24, 2.45) is 0 Å². The maximum Gasteiger partial charge on any atom is 0.0494 e. The Morgan fingerprint density at radius 3 is 1.38 bits per heavy atom. The molecular weight excluding hydrogens is 331 g/mol. The Bertz CT molecular complexity index is 744. The van der Waals surface area contributed by atoms with Crippen LogP contribution in [0.5, 0.6) is 0 Å². The number of nitrogens with one attached hydrogen (secondary N) is 2. The van der Waals surface area contributed by atoms with Crippen LogP contribution in [0.2, 0.25) is 0 Å². The Labute approximate surface area is 148 Å². The number of hydrogen-bond donors (Lipinski definition) is 2. The van der Waals surface area contributed by atoms with Gasteiger partial charge in [-0.2, -0.15) is 0 Å². The molecule has 3 aromatic rings. The van der Waals surface area contributed by atoms with Crippen molar-refractivity contribution in [1.82, 2.24) is 0 Å². The van der Waals surface area contributed by atoms with Gasteiger partial charge in [0, 0.05) is 30.0 Å². The van der Waals surface area contributed by atoms with E-state index in [9.17, 15) is 0 Å². The lowest BCUT2D eigenvalue weighted by molar-refractivity contribution is 1.39. The molecule has 2 N–H and O–H groups in total. The number of rotatable bonds is 7. The van der Waals surface area contributed by atoms with Crippen molar-refractivity contribution < 1.29 is 0 Å². The van der Waals surface area contributed by atoms with Crippen LogP contribution < -0.4 is 15.9 Å². The molecule has 0 saturated carbocycles. The molecule has 0 aromatic heterocycles. The molecule has 0 atom stereocenters. The van der Waals surface area contributed by atoms with Gasteiger partial charge in [0.15, 0.2) is 0 Å². The van der Waals surface area contributed by atoms with Crippen molar-refractivity contribution in [3.8, 4) is 0 Å². The second-order valence-electron chi connectivity index (χ2n) is 5.63. The summed E-state index contributed by atoms with van der Waals surface area (Å²) in [6, 6.07) is 29.2. The van der Waals surface area contributed by atoms with Crippen molar-refractivity contribution in [2.45, 2.75) is 0 Å². The van der Waals surface area contributed by atoms with Gasteiger partial charge in [-0.25, -0.2) is 0 Å². The van der Waals surface area contributed by atoms with Crippen molar-refractivity contribution in [3.05, 3.63) is 91.0 Å². The molecule has 0 aliphatic carbocycles. The fourth-order valence-corrected chi connectivity index (χ4v) is 5.31. The Morgan fingerprint density at radius 2 is 0.958 bits per heavy atom. The second kappa shape index (κ2) is 8.14. The maximum absolute atomic E-state index is 6.15. The quantitative estimate of drug-likeness (QED) is 0.590. The van der Waals surface area contributed by atoms with Crippen LogP contribution in [0, 0.1) is 0 Å². The zero-order chi connectivity index (χ0) is 16.7. The SMILES string of the molecule is S=P(CNc1ccccc1)(CNc1ccccc1)c1ccccc1. The van der Waals surface area contributed by atoms with Crippen molar-refractivity contribution in [2.75, 3.05) is 23.2 Å². The van der Waals surface area contributed by atoms with E-state index in [-0.39, 0.29) is 0 Å². The summed E-state index contributed by atoms with van der Waals surface area (Å²) >= 11 is 6.15. The van der Waals surface area contributed by atoms with E-state index >= 15 is 0 Å². The number of para-hydroxylation sites is 2. The summed E-state index contributed by atoms with van der Waals surface area (Å²) in [6.07, 6.45) is 1.58. The van der Waals surface area contributed by atoms with Gasteiger partial charge >= 0.3 is 0 Å². The average molecular weight is 352 g/mol. The van der Waals surface area contributed by atoms with Gasteiger partial charge in [0.05, 0.1) is 0 Å². The molecule has 3 aromatic carbocycles. The fourth-order valence-electron chi connectivity index (χ4n) is 2.49. The van der Waals surface area contributed by atoms with Crippen molar-refractivity contribution in [1.29, 1.82) is 0 Å². The zero-order valence-electron chi connectivity index (χ0n) is 13.4. The van der Waals surface area contributed by atoms with Gasteiger partial charge in [0.25, 0.3) is 0 Å². The molecule has 4 heteroatoms. The first-order chi connectivity index (χ1) is 11.8. The minimum absolute atomic E-state index is 0.788. The van der Waals surface area contributed by atoms with Gasteiger partial charge < -0.3 is 10.6 Å². The lowest BCUT2D eigenvalue weighted by Gasteiger charge is -2.24. The fraction of sp³-hybridized carbons (Fsp3) is 0.100. The summed E-state index contributed by atoms with van der Waals surface area (Å²) in [4.78, 5) is 0. The Hall–Kier alpha value is -2.09. The molecular formula is C20H21N2PS. The van der Waals surface area contributed by atoms with Gasteiger partial charge in [0.1, 0.15) is 0 Å². The van der Waals surface area contributed by atoms with Crippen LogP contribution in [0.1, 0.15) is 0 Å². The molecule has 122 valence electrons. The third-order valence-corrected chi connectivity index (χ3v) is 7.84. The van der Waals surface area contributed by atoms with Crippen LogP contribution in [0.15, 0.2) is 91.0 Å². The van der Waals surface area contributed by atoms with Crippen LogP contribution in [-0.4, -0.2) is 12.6 Å². The highest BCUT2D eigenvalue weighted by atomic mass is 32.4. The molecule has 0 amide bonds. The molecule has 0 aliphatic rings. The van der Waals surface area contributed by atoms with E-state index in [4.69, 9.17) is 11.8 Å². The molecule has 3 rings (SSSR count). The normalized spacial score (nSPS) is 11.0. The lowest BCUT2D eigenvalue weighted by atomic mass is 10.3. The molecule has 0 saturated heterocycles. The molecule has 0 fully saturated rings. The summed E-state index contributed by atoms with van der Waals surface area (Å²) in [5, 5.41) is 8.31. The van der Waals surface area contributed by atoms with Crippen LogP contribution in [0.25, 0.3) is 0 Å². The minimum Gasteiger partial charge on any atom is -0.380 e. The highest BCUT2D eigenvalue weighted by molar-refractivity contribution is 8.18. The largest absolute Gasteiger partial charge is 0.380 e. The molecule has 24 heavy (non-hydrogen) atoms. The van der Waals surface area contributed by atoms with Crippen LogP contribution in [-0.2, 0) is 11.8 Å². The van der Waals surface area contributed by atoms with E-state index in [1.165, 1.54) is 5.30 Å². The summed E-state index contributed by atoms with van der Waals surface area (Å²) < 4.78 is 0. The molecule has 2 nitrogen and oxygen atoms in total. The smallest absolute Gasteiger partial charge is 0.0494 e. The van der Waals surface area contributed by atoms with E-state index in [1.807, 2.05) is 42.5 Å². The summed E-state index contributed by atoms with van der Waals surface area (Å²) in [7, 11) is 0. The number of anilines is 2. The third-order valence-electron chi connectivity index (χ3n) is 3.85. The first-order valence-corrected chi connectivity index (χ1v) is 11.2. The van der Waals surface area contributed by atoms with E-state index in [1.54, 1.807) is 0 Å². The lowest BCUT2D eigenvalue weighted by Crippen LogP contribution is -2.19. The van der Waals surface area contributed by atoms with Gasteiger partial charge in [-0.15, -0.1) is 0 Å². The first kappa shape index (κ1) is 16.8. The Balaban J connectivity index is 1.77. The predicted molar refractivity (Wildman–Crippen MR) is 110 cm³/mol. The van der Waals surface area contributed by atoms with Gasteiger partial charge in [0.2, 0.25) is 0 Å². The molecule has 0 spiro atoms. The summed E-state index contributed by atoms with van der Waals surface area (Å²) in [6.45, 7) is 0. The topological polar surface area (TPSA) is 24.1 Å². The Morgan fingerprint density at radius 1 is 0.583 bits per heavy atom. The molecule has 0 unspecified atom stereocenters. The molecule has 0 radical (unpaired) electrons. The molecule has 0 bridgehead atoms. The van der Waals surface area contributed by atoms with Crippen molar-refractivity contribution >= 4 is 34.5 Å². The molecule has 0 heterocycles. The van der Waals surface area contributed by atoms with E-state index in [2.05, 4.69) is 59.2 Å². The van der Waals surface area contributed by atoms with Crippen molar-refractivity contribution in [3.63, 3.8) is 0 Å². The molecule has 0 aliphatic heterocycles. The van der Waals surface area contributed by atoms with Crippen LogP contribution in [0.3, 0.4) is 0 Å². The average Bonchev–Trinajstić information content (AvgIpc) is 2.67. The van der Waals surface area contributed by atoms with Gasteiger partial charge in [-0.3, -0.25) is 0 Å². The minimum atomic E-state index is -1.79. The first-order valence-electron chi connectivity index (χ1n) is 7.98. The number of benzene rings is 3. The Kier molecular flexibility index (Phi) is 5.68. The van der Waals surface area contributed by atoms with Gasteiger partial charge in [-0.1, -0.05) is 78.5 Å². The zero-order valence-corrected chi connectivity index (χ0v) is 15.1.